The van der Waals surface area contributed by atoms with Crippen molar-refractivity contribution < 1.29 is 4.79 Å². The SMILES string of the molecule is CCc1nn(-c2ccccc2)c(CC)c1C(=O)NC1CC1. The minimum atomic E-state index is 0.0355. The molecule has 1 N–H and O–H groups in total. The molecule has 0 aliphatic heterocycles. The molecule has 1 amide bonds. The van der Waals surface area contributed by atoms with Crippen molar-refractivity contribution in [2.45, 2.75) is 45.6 Å². The van der Waals surface area contributed by atoms with Crippen LogP contribution in [0.3, 0.4) is 0 Å². The van der Waals surface area contributed by atoms with Gasteiger partial charge in [-0.15, -0.1) is 0 Å². The molecule has 0 unspecified atom stereocenters. The van der Waals surface area contributed by atoms with E-state index in [0.717, 1.165) is 48.3 Å². The summed E-state index contributed by atoms with van der Waals surface area (Å²) < 4.78 is 1.92. The molecule has 0 saturated heterocycles. The largest absolute Gasteiger partial charge is 0.349 e. The monoisotopic (exact) mass is 283 g/mol. The van der Waals surface area contributed by atoms with Crippen LogP contribution in [0.5, 0.6) is 0 Å². The Hall–Kier alpha value is -2.10. The summed E-state index contributed by atoms with van der Waals surface area (Å²) in [6.07, 6.45) is 3.75. The van der Waals surface area contributed by atoms with Crippen molar-refractivity contribution in [1.82, 2.24) is 15.1 Å². The summed E-state index contributed by atoms with van der Waals surface area (Å²) in [6.45, 7) is 4.12. The standard InChI is InChI=1S/C17H21N3O/c1-3-14-16(17(21)18-12-10-11-12)15(4-2)20(19-14)13-8-6-5-7-9-13/h5-9,12H,3-4,10-11H2,1-2H3,(H,18,21). The number of carbonyl (C=O) groups excluding carboxylic acids is 1. The van der Waals surface area contributed by atoms with Gasteiger partial charge in [0.05, 0.1) is 22.6 Å². The van der Waals surface area contributed by atoms with Gasteiger partial charge in [-0.25, -0.2) is 4.68 Å². The second-order valence-electron chi connectivity index (χ2n) is 5.47. The highest BCUT2D eigenvalue weighted by Gasteiger charge is 2.28. The van der Waals surface area contributed by atoms with Crippen LogP contribution in [0, 0.1) is 0 Å². The summed E-state index contributed by atoms with van der Waals surface area (Å²) in [7, 11) is 0. The fourth-order valence-corrected chi connectivity index (χ4v) is 2.61. The van der Waals surface area contributed by atoms with E-state index in [2.05, 4.69) is 17.3 Å². The molecule has 1 heterocycles. The van der Waals surface area contributed by atoms with Gasteiger partial charge in [0.1, 0.15) is 0 Å². The molecule has 1 fully saturated rings. The molecule has 1 saturated carbocycles. The molecule has 1 aromatic carbocycles. The Morgan fingerprint density at radius 3 is 2.52 bits per heavy atom. The zero-order chi connectivity index (χ0) is 14.8. The Balaban J connectivity index is 2.05. The number of amides is 1. The van der Waals surface area contributed by atoms with Crippen molar-refractivity contribution in [2.75, 3.05) is 0 Å². The lowest BCUT2D eigenvalue weighted by Crippen LogP contribution is -2.27. The zero-order valence-electron chi connectivity index (χ0n) is 12.6. The van der Waals surface area contributed by atoms with Crippen LogP contribution >= 0.6 is 0 Å². The van der Waals surface area contributed by atoms with Crippen LogP contribution < -0.4 is 5.32 Å². The molecular formula is C17H21N3O. The topological polar surface area (TPSA) is 46.9 Å². The van der Waals surface area contributed by atoms with E-state index in [-0.39, 0.29) is 5.91 Å². The minimum absolute atomic E-state index is 0.0355. The Kier molecular flexibility index (Phi) is 3.78. The van der Waals surface area contributed by atoms with E-state index >= 15 is 0 Å². The van der Waals surface area contributed by atoms with Crippen LogP contribution in [0.15, 0.2) is 30.3 Å². The first-order valence-electron chi connectivity index (χ1n) is 7.71. The molecule has 1 aromatic heterocycles. The van der Waals surface area contributed by atoms with E-state index < -0.39 is 0 Å². The van der Waals surface area contributed by atoms with E-state index in [9.17, 15) is 4.79 Å². The van der Waals surface area contributed by atoms with E-state index in [4.69, 9.17) is 0 Å². The van der Waals surface area contributed by atoms with Crippen molar-refractivity contribution >= 4 is 5.91 Å². The Bertz CT molecular complexity index is 642. The van der Waals surface area contributed by atoms with Gasteiger partial charge in [-0.1, -0.05) is 32.0 Å². The van der Waals surface area contributed by atoms with E-state index in [1.165, 1.54) is 0 Å². The summed E-state index contributed by atoms with van der Waals surface area (Å²) in [6, 6.07) is 10.4. The first-order chi connectivity index (χ1) is 10.2. The summed E-state index contributed by atoms with van der Waals surface area (Å²) in [4.78, 5) is 12.5. The fourth-order valence-electron chi connectivity index (χ4n) is 2.61. The predicted molar refractivity (Wildman–Crippen MR) is 82.8 cm³/mol. The predicted octanol–water partition coefficient (Wildman–Crippen LogP) is 2.89. The third kappa shape index (κ3) is 2.71. The first-order valence-corrected chi connectivity index (χ1v) is 7.71. The molecule has 0 bridgehead atoms. The molecule has 1 aliphatic rings. The molecule has 21 heavy (non-hydrogen) atoms. The Morgan fingerprint density at radius 2 is 1.95 bits per heavy atom. The number of aryl methyl sites for hydroxylation is 1. The van der Waals surface area contributed by atoms with Gasteiger partial charge in [-0.2, -0.15) is 5.10 Å². The van der Waals surface area contributed by atoms with Gasteiger partial charge in [-0.3, -0.25) is 4.79 Å². The van der Waals surface area contributed by atoms with Crippen LogP contribution in [0.2, 0.25) is 0 Å². The lowest BCUT2D eigenvalue weighted by atomic mass is 10.1. The quantitative estimate of drug-likeness (QED) is 0.917. The van der Waals surface area contributed by atoms with Crippen molar-refractivity contribution in [3.05, 3.63) is 47.3 Å². The number of para-hydroxylation sites is 1. The Labute approximate surface area is 125 Å². The van der Waals surface area contributed by atoms with Gasteiger partial charge in [0, 0.05) is 6.04 Å². The molecule has 1 aliphatic carbocycles. The number of hydrogen-bond donors (Lipinski definition) is 1. The van der Waals surface area contributed by atoms with Crippen LogP contribution in [-0.4, -0.2) is 21.7 Å². The number of aromatic nitrogens is 2. The van der Waals surface area contributed by atoms with E-state index in [1.54, 1.807) is 0 Å². The second-order valence-corrected chi connectivity index (χ2v) is 5.47. The number of carbonyl (C=O) groups is 1. The highest BCUT2D eigenvalue weighted by atomic mass is 16.1. The molecule has 4 nitrogen and oxygen atoms in total. The number of rotatable bonds is 5. The zero-order valence-corrected chi connectivity index (χ0v) is 12.6. The second kappa shape index (κ2) is 5.72. The molecule has 2 aromatic rings. The number of benzene rings is 1. The first kappa shape index (κ1) is 13.9. The van der Waals surface area contributed by atoms with Gasteiger partial charge in [-0.05, 0) is 37.8 Å². The van der Waals surface area contributed by atoms with Crippen LogP contribution in [0.25, 0.3) is 5.69 Å². The van der Waals surface area contributed by atoms with Gasteiger partial charge in [0.2, 0.25) is 0 Å². The van der Waals surface area contributed by atoms with E-state index in [0.29, 0.717) is 6.04 Å². The molecular weight excluding hydrogens is 262 g/mol. The van der Waals surface area contributed by atoms with Gasteiger partial charge in [0.25, 0.3) is 5.91 Å². The average Bonchev–Trinajstić information content (AvgIpc) is 3.24. The highest BCUT2D eigenvalue weighted by molar-refractivity contribution is 5.97. The maximum Gasteiger partial charge on any atom is 0.255 e. The van der Waals surface area contributed by atoms with Crippen LogP contribution in [-0.2, 0) is 12.8 Å². The third-order valence-electron chi connectivity index (χ3n) is 3.86. The molecule has 3 rings (SSSR count). The normalized spacial score (nSPS) is 14.2. The highest BCUT2D eigenvalue weighted by Crippen LogP contribution is 2.23. The molecule has 110 valence electrons. The van der Waals surface area contributed by atoms with E-state index in [1.807, 2.05) is 41.9 Å². The number of hydrogen-bond acceptors (Lipinski definition) is 2. The molecule has 0 spiro atoms. The fraction of sp³-hybridized carbons (Fsp3) is 0.412. The summed E-state index contributed by atoms with van der Waals surface area (Å²) in [5.74, 6) is 0.0355. The van der Waals surface area contributed by atoms with Crippen molar-refractivity contribution in [3.63, 3.8) is 0 Å². The smallest absolute Gasteiger partial charge is 0.255 e. The summed E-state index contributed by atoms with van der Waals surface area (Å²) in [5.41, 5.74) is 3.66. The number of nitrogens with one attached hydrogen (secondary N) is 1. The molecule has 4 heteroatoms. The maximum atomic E-state index is 12.5. The van der Waals surface area contributed by atoms with Gasteiger partial charge in [0.15, 0.2) is 0 Å². The lowest BCUT2D eigenvalue weighted by Gasteiger charge is -2.08. The summed E-state index contributed by atoms with van der Waals surface area (Å²) in [5, 5.41) is 7.77. The van der Waals surface area contributed by atoms with Crippen molar-refractivity contribution in [1.29, 1.82) is 0 Å². The summed E-state index contributed by atoms with van der Waals surface area (Å²) >= 11 is 0. The van der Waals surface area contributed by atoms with Crippen molar-refractivity contribution in [3.8, 4) is 5.69 Å². The van der Waals surface area contributed by atoms with Gasteiger partial charge >= 0.3 is 0 Å². The van der Waals surface area contributed by atoms with Crippen LogP contribution in [0.4, 0.5) is 0 Å². The molecule has 0 radical (unpaired) electrons. The third-order valence-corrected chi connectivity index (χ3v) is 3.86. The van der Waals surface area contributed by atoms with Gasteiger partial charge < -0.3 is 5.32 Å². The van der Waals surface area contributed by atoms with Crippen LogP contribution in [0.1, 0.15) is 48.4 Å². The van der Waals surface area contributed by atoms with Crippen molar-refractivity contribution in [2.24, 2.45) is 0 Å². The molecule has 0 atom stereocenters. The minimum Gasteiger partial charge on any atom is -0.349 e. The number of nitrogens with zero attached hydrogens (tertiary/aromatic N) is 2. The Morgan fingerprint density at radius 1 is 1.24 bits per heavy atom. The average molecular weight is 283 g/mol. The lowest BCUT2D eigenvalue weighted by molar-refractivity contribution is 0.0949. The maximum absolute atomic E-state index is 12.5.